The number of likely N-dealkylation sites (tertiary alicyclic amines) is 1. The van der Waals surface area contributed by atoms with E-state index in [1.165, 1.54) is 0 Å². The lowest BCUT2D eigenvalue weighted by atomic mass is 10.1. The van der Waals surface area contributed by atoms with Gasteiger partial charge in [0.05, 0.1) is 24.8 Å². The number of hydrogen-bond donors (Lipinski definition) is 2. The Morgan fingerprint density at radius 3 is 2.73 bits per heavy atom. The van der Waals surface area contributed by atoms with Crippen molar-refractivity contribution in [3.05, 3.63) is 54.2 Å². The van der Waals surface area contributed by atoms with Gasteiger partial charge in [-0.05, 0) is 37.5 Å². The highest BCUT2D eigenvalue weighted by molar-refractivity contribution is 5.74. The summed E-state index contributed by atoms with van der Waals surface area (Å²) >= 11 is 0. The first-order chi connectivity index (χ1) is 14.7. The highest BCUT2D eigenvalue weighted by Crippen LogP contribution is 2.25. The molecule has 0 spiro atoms. The molecule has 2 N–H and O–H groups in total. The first kappa shape index (κ1) is 20.2. The number of anilines is 1. The maximum Gasteiger partial charge on any atom is 0.409 e. The molecular formula is C22H27N5O3. The molecule has 1 saturated heterocycles. The van der Waals surface area contributed by atoms with Crippen molar-refractivity contribution in [2.75, 3.05) is 25.0 Å². The van der Waals surface area contributed by atoms with E-state index in [4.69, 9.17) is 4.74 Å². The molecule has 158 valence electrons. The number of amides is 1. The van der Waals surface area contributed by atoms with Gasteiger partial charge in [0.25, 0.3) is 0 Å². The average Bonchev–Trinajstić information content (AvgIpc) is 3.12. The molecule has 1 aromatic carbocycles. The van der Waals surface area contributed by atoms with E-state index in [0.29, 0.717) is 37.8 Å². The van der Waals surface area contributed by atoms with Crippen LogP contribution in [-0.2, 0) is 11.3 Å². The van der Waals surface area contributed by atoms with Crippen molar-refractivity contribution in [2.24, 2.45) is 0 Å². The van der Waals surface area contributed by atoms with Gasteiger partial charge >= 0.3 is 6.09 Å². The number of carbonyl (C=O) groups is 1. The fraction of sp³-hybridized carbons (Fsp3) is 0.409. The zero-order valence-corrected chi connectivity index (χ0v) is 17.1. The predicted molar refractivity (Wildman–Crippen MR) is 114 cm³/mol. The molecule has 4 rings (SSSR count). The van der Waals surface area contributed by atoms with Crippen LogP contribution in [0.4, 0.5) is 10.7 Å². The van der Waals surface area contributed by atoms with Crippen LogP contribution < -0.4 is 5.32 Å². The van der Waals surface area contributed by atoms with Crippen molar-refractivity contribution in [2.45, 2.75) is 38.5 Å². The summed E-state index contributed by atoms with van der Waals surface area (Å²) in [6.07, 6.45) is 2.41. The molecule has 2 aromatic heterocycles. The number of aliphatic hydroxyl groups excluding tert-OH is 1. The third-order valence-corrected chi connectivity index (χ3v) is 5.42. The summed E-state index contributed by atoms with van der Waals surface area (Å²) in [6, 6.07) is 13.6. The molecule has 0 radical (unpaired) electrons. The molecule has 1 amide bonds. The number of rotatable bonds is 6. The van der Waals surface area contributed by atoms with Crippen molar-refractivity contribution in [3.63, 3.8) is 0 Å². The smallest absolute Gasteiger partial charge is 0.409 e. The van der Waals surface area contributed by atoms with Crippen molar-refractivity contribution >= 4 is 23.2 Å². The zero-order valence-electron chi connectivity index (χ0n) is 17.1. The molecule has 1 atom stereocenters. The number of piperidine rings is 1. The lowest BCUT2D eigenvalue weighted by molar-refractivity contribution is 0.0982. The molecule has 1 aliphatic rings. The van der Waals surface area contributed by atoms with Crippen LogP contribution in [0.2, 0.25) is 0 Å². The Morgan fingerprint density at radius 2 is 2.00 bits per heavy atom. The van der Waals surface area contributed by atoms with Crippen LogP contribution in [0.15, 0.2) is 48.7 Å². The summed E-state index contributed by atoms with van der Waals surface area (Å²) in [7, 11) is 0. The van der Waals surface area contributed by atoms with Gasteiger partial charge in [0, 0.05) is 25.3 Å². The Balaban J connectivity index is 1.50. The highest BCUT2D eigenvalue weighted by Gasteiger charge is 2.25. The number of pyridine rings is 1. The molecule has 1 unspecified atom stereocenters. The monoisotopic (exact) mass is 409 g/mol. The van der Waals surface area contributed by atoms with Gasteiger partial charge in [-0.1, -0.05) is 30.3 Å². The molecule has 0 bridgehead atoms. The van der Waals surface area contributed by atoms with Gasteiger partial charge in [0.1, 0.15) is 0 Å². The molecule has 0 aliphatic carbocycles. The number of aromatic nitrogens is 3. The van der Waals surface area contributed by atoms with Crippen LogP contribution in [0.1, 0.15) is 31.4 Å². The van der Waals surface area contributed by atoms with Crippen LogP contribution in [0.25, 0.3) is 11.2 Å². The molecular weight excluding hydrogens is 382 g/mol. The zero-order chi connectivity index (χ0) is 20.9. The minimum Gasteiger partial charge on any atom is -0.450 e. The fourth-order valence-electron chi connectivity index (χ4n) is 3.81. The summed E-state index contributed by atoms with van der Waals surface area (Å²) in [4.78, 5) is 22.7. The molecule has 3 aromatic rings. The SMILES string of the molecule is CCOC(=O)N1CCC(Nc2nc3ncccc3n2CC(O)c2ccccc2)CC1. The van der Waals surface area contributed by atoms with Crippen molar-refractivity contribution in [1.29, 1.82) is 0 Å². The highest BCUT2D eigenvalue weighted by atomic mass is 16.6. The second kappa shape index (κ2) is 9.13. The summed E-state index contributed by atoms with van der Waals surface area (Å²) < 4.78 is 7.08. The lowest BCUT2D eigenvalue weighted by Gasteiger charge is -2.32. The van der Waals surface area contributed by atoms with E-state index >= 15 is 0 Å². The van der Waals surface area contributed by atoms with E-state index < -0.39 is 6.10 Å². The van der Waals surface area contributed by atoms with E-state index in [1.54, 1.807) is 11.1 Å². The number of benzene rings is 1. The maximum atomic E-state index is 11.9. The number of hydrogen-bond acceptors (Lipinski definition) is 6. The Morgan fingerprint density at radius 1 is 1.23 bits per heavy atom. The average molecular weight is 409 g/mol. The van der Waals surface area contributed by atoms with E-state index in [1.807, 2.05) is 54.0 Å². The Kier molecular flexibility index (Phi) is 6.13. The van der Waals surface area contributed by atoms with Crippen LogP contribution in [0, 0.1) is 0 Å². The quantitative estimate of drug-likeness (QED) is 0.650. The fourth-order valence-corrected chi connectivity index (χ4v) is 3.81. The molecule has 1 fully saturated rings. The minimum absolute atomic E-state index is 0.181. The summed E-state index contributed by atoms with van der Waals surface area (Å²) in [5, 5.41) is 14.3. The molecule has 8 nitrogen and oxygen atoms in total. The molecule has 3 heterocycles. The van der Waals surface area contributed by atoms with Gasteiger partial charge in [-0.15, -0.1) is 0 Å². The molecule has 30 heavy (non-hydrogen) atoms. The van der Waals surface area contributed by atoms with E-state index in [-0.39, 0.29) is 12.1 Å². The second-order valence-corrected chi connectivity index (χ2v) is 7.42. The number of ether oxygens (including phenoxy) is 1. The number of carbonyl (C=O) groups excluding carboxylic acids is 1. The number of aliphatic hydroxyl groups is 1. The predicted octanol–water partition coefficient (Wildman–Crippen LogP) is 3.20. The molecule has 8 heteroatoms. The van der Waals surface area contributed by atoms with Crippen LogP contribution >= 0.6 is 0 Å². The van der Waals surface area contributed by atoms with Crippen LogP contribution in [0.5, 0.6) is 0 Å². The van der Waals surface area contributed by atoms with Gasteiger partial charge < -0.3 is 24.6 Å². The second-order valence-electron chi connectivity index (χ2n) is 7.42. The van der Waals surface area contributed by atoms with Gasteiger partial charge in [-0.2, -0.15) is 4.98 Å². The normalized spacial score (nSPS) is 15.9. The topological polar surface area (TPSA) is 92.5 Å². The maximum absolute atomic E-state index is 11.9. The van der Waals surface area contributed by atoms with E-state index in [2.05, 4.69) is 15.3 Å². The van der Waals surface area contributed by atoms with E-state index in [9.17, 15) is 9.90 Å². The summed E-state index contributed by atoms with van der Waals surface area (Å²) in [6.45, 7) is 3.85. The van der Waals surface area contributed by atoms with Crippen LogP contribution in [0.3, 0.4) is 0 Å². The number of nitrogens with one attached hydrogen (secondary N) is 1. The summed E-state index contributed by atoms with van der Waals surface area (Å²) in [5.74, 6) is 0.688. The minimum atomic E-state index is -0.657. The van der Waals surface area contributed by atoms with Gasteiger partial charge in [-0.3, -0.25) is 0 Å². The third-order valence-electron chi connectivity index (χ3n) is 5.42. The van der Waals surface area contributed by atoms with Crippen molar-refractivity contribution in [3.8, 4) is 0 Å². The van der Waals surface area contributed by atoms with Crippen LogP contribution in [-0.4, -0.2) is 56.4 Å². The summed E-state index contributed by atoms with van der Waals surface area (Å²) in [5.41, 5.74) is 2.38. The Labute approximate surface area is 175 Å². The first-order valence-corrected chi connectivity index (χ1v) is 10.4. The molecule has 1 aliphatic heterocycles. The number of nitrogens with zero attached hydrogens (tertiary/aromatic N) is 4. The van der Waals surface area contributed by atoms with Crippen molar-refractivity contribution < 1.29 is 14.6 Å². The largest absolute Gasteiger partial charge is 0.450 e. The number of imidazole rings is 1. The van der Waals surface area contributed by atoms with Gasteiger partial charge in [0.2, 0.25) is 5.95 Å². The molecule has 0 saturated carbocycles. The van der Waals surface area contributed by atoms with Gasteiger partial charge in [-0.25, -0.2) is 9.78 Å². The lowest BCUT2D eigenvalue weighted by Crippen LogP contribution is -2.43. The third kappa shape index (κ3) is 4.38. The number of fused-ring (bicyclic) bond motifs is 1. The standard InChI is InChI=1S/C22H27N5O3/c1-2-30-22(29)26-13-10-17(11-14-26)24-21-25-20-18(9-6-12-23-20)27(21)15-19(28)16-7-4-3-5-8-16/h3-9,12,17,19,28H,2,10-11,13-15H2,1H3,(H,23,24,25). The van der Waals surface area contributed by atoms with Gasteiger partial charge in [0.15, 0.2) is 5.65 Å². The van der Waals surface area contributed by atoms with E-state index in [0.717, 1.165) is 23.9 Å². The first-order valence-electron chi connectivity index (χ1n) is 10.4. The van der Waals surface area contributed by atoms with Crippen molar-refractivity contribution in [1.82, 2.24) is 19.4 Å². The Bertz CT molecular complexity index is 983. The Hall–Kier alpha value is -3.13.